The number of rotatable bonds is 4. The van der Waals surface area contributed by atoms with E-state index in [1.165, 1.54) is 12.1 Å². The minimum atomic E-state index is -0.456. The van der Waals surface area contributed by atoms with Gasteiger partial charge >= 0.3 is 0 Å². The molecule has 7 heteroatoms. The van der Waals surface area contributed by atoms with Gasteiger partial charge in [-0.25, -0.2) is 0 Å². The molecular weight excluding hydrogens is 286 g/mol. The molecule has 1 aromatic carbocycles. The largest absolute Gasteiger partial charge is 0.345 e. The Kier molecular flexibility index (Phi) is 4.44. The van der Waals surface area contributed by atoms with Crippen molar-refractivity contribution in [1.29, 1.82) is 0 Å². The first-order valence-electron chi connectivity index (χ1n) is 7.06. The minimum Gasteiger partial charge on any atom is -0.345 e. The molecule has 2 amide bonds. The van der Waals surface area contributed by atoms with E-state index in [9.17, 15) is 19.7 Å². The summed E-state index contributed by atoms with van der Waals surface area (Å²) in [6.07, 6.45) is 0.224. The molecule has 2 atom stereocenters. The third-order valence-electron chi connectivity index (χ3n) is 4.18. The van der Waals surface area contributed by atoms with Crippen molar-refractivity contribution in [1.82, 2.24) is 9.80 Å². The number of benzene rings is 1. The standard InChI is InChI=1S/C15H19N3O4/c1-10(11-5-4-6-13(7-11)18(21)22)17(3)15(20)12-8-14(19)16(2)9-12/h4-7,10,12H,8-9H2,1-3H3/t10-,12-/m1/s1. The second-order valence-corrected chi connectivity index (χ2v) is 5.65. The summed E-state index contributed by atoms with van der Waals surface area (Å²) in [5.74, 6) is -0.491. The zero-order chi connectivity index (χ0) is 16.4. The quantitative estimate of drug-likeness (QED) is 0.624. The number of carbonyl (C=O) groups is 2. The average Bonchev–Trinajstić information content (AvgIpc) is 2.84. The van der Waals surface area contributed by atoms with Gasteiger partial charge in [0.15, 0.2) is 0 Å². The van der Waals surface area contributed by atoms with Crippen molar-refractivity contribution in [3.63, 3.8) is 0 Å². The van der Waals surface area contributed by atoms with Gasteiger partial charge in [0, 0.05) is 39.2 Å². The Morgan fingerprint density at radius 3 is 2.73 bits per heavy atom. The molecule has 1 fully saturated rings. The Balaban J connectivity index is 2.13. The maximum Gasteiger partial charge on any atom is 0.269 e. The minimum absolute atomic E-state index is 0.000904. The third-order valence-corrected chi connectivity index (χ3v) is 4.18. The average molecular weight is 305 g/mol. The number of nitro benzene ring substituents is 1. The van der Waals surface area contributed by atoms with Gasteiger partial charge < -0.3 is 9.80 Å². The number of likely N-dealkylation sites (tertiary alicyclic amines) is 1. The van der Waals surface area contributed by atoms with Crippen LogP contribution in [0.3, 0.4) is 0 Å². The van der Waals surface area contributed by atoms with Gasteiger partial charge in [-0.1, -0.05) is 12.1 Å². The van der Waals surface area contributed by atoms with Crippen molar-refractivity contribution >= 4 is 17.5 Å². The van der Waals surface area contributed by atoms with Crippen LogP contribution < -0.4 is 0 Å². The zero-order valence-electron chi connectivity index (χ0n) is 12.9. The topological polar surface area (TPSA) is 83.8 Å². The van der Waals surface area contributed by atoms with Crippen molar-refractivity contribution in [2.75, 3.05) is 20.6 Å². The molecule has 0 radical (unpaired) electrons. The van der Waals surface area contributed by atoms with Crippen LogP contribution in [-0.2, 0) is 9.59 Å². The van der Waals surface area contributed by atoms with Gasteiger partial charge in [0.1, 0.15) is 0 Å². The molecule has 0 aromatic heterocycles. The lowest BCUT2D eigenvalue weighted by molar-refractivity contribution is -0.384. The molecule has 118 valence electrons. The molecule has 0 N–H and O–H groups in total. The highest BCUT2D eigenvalue weighted by molar-refractivity contribution is 5.89. The summed E-state index contributed by atoms with van der Waals surface area (Å²) in [6, 6.07) is 5.96. The fourth-order valence-corrected chi connectivity index (χ4v) is 2.63. The lowest BCUT2D eigenvalue weighted by Crippen LogP contribution is -2.36. The molecule has 0 saturated carbocycles. The Labute approximate surface area is 128 Å². The number of hydrogen-bond donors (Lipinski definition) is 0. The summed E-state index contributed by atoms with van der Waals surface area (Å²) in [7, 11) is 3.34. The highest BCUT2D eigenvalue weighted by Crippen LogP contribution is 2.26. The number of hydrogen-bond acceptors (Lipinski definition) is 4. The molecular formula is C15H19N3O4. The van der Waals surface area contributed by atoms with E-state index in [4.69, 9.17) is 0 Å². The van der Waals surface area contributed by atoms with E-state index in [2.05, 4.69) is 0 Å². The fourth-order valence-electron chi connectivity index (χ4n) is 2.63. The molecule has 7 nitrogen and oxygen atoms in total. The molecule has 1 saturated heterocycles. The van der Waals surface area contributed by atoms with Crippen molar-refractivity contribution < 1.29 is 14.5 Å². The van der Waals surface area contributed by atoms with E-state index in [1.54, 1.807) is 36.0 Å². The Hall–Kier alpha value is -2.44. The molecule has 1 aromatic rings. The summed E-state index contributed by atoms with van der Waals surface area (Å²) in [5, 5.41) is 10.8. The second-order valence-electron chi connectivity index (χ2n) is 5.65. The first kappa shape index (κ1) is 15.9. The van der Waals surface area contributed by atoms with Crippen molar-refractivity contribution in [2.45, 2.75) is 19.4 Å². The molecule has 1 aliphatic rings. The van der Waals surface area contributed by atoms with E-state index in [1.807, 2.05) is 6.92 Å². The van der Waals surface area contributed by atoms with Gasteiger partial charge in [0.25, 0.3) is 5.69 Å². The van der Waals surface area contributed by atoms with Crippen molar-refractivity contribution in [2.24, 2.45) is 5.92 Å². The molecule has 0 aliphatic carbocycles. The van der Waals surface area contributed by atoms with E-state index in [-0.39, 0.29) is 35.9 Å². The first-order chi connectivity index (χ1) is 10.3. The highest BCUT2D eigenvalue weighted by atomic mass is 16.6. The second kappa shape index (κ2) is 6.13. The monoisotopic (exact) mass is 305 g/mol. The summed E-state index contributed by atoms with van der Waals surface area (Å²) in [6.45, 7) is 2.24. The smallest absolute Gasteiger partial charge is 0.269 e. The maximum atomic E-state index is 12.5. The third kappa shape index (κ3) is 3.08. The first-order valence-corrected chi connectivity index (χ1v) is 7.06. The van der Waals surface area contributed by atoms with Crippen LogP contribution in [0.5, 0.6) is 0 Å². The van der Waals surface area contributed by atoms with Crippen LogP contribution in [0.25, 0.3) is 0 Å². The molecule has 1 heterocycles. The maximum absolute atomic E-state index is 12.5. The summed E-state index contributed by atoms with van der Waals surface area (Å²) in [4.78, 5) is 37.5. The van der Waals surface area contributed by atoms with Crippen LogP contribution in [0.1, 0.15) is 24.9 Å². The van der Waals surface area contributed by atoms with Crippen molar-refractivity contribution in [3.05, 3.63) is 39.9 Å². The van der Waals surface area contributed by atoms with Crippen LogP contribution in [0, 0.1) is 16.0 Å². The molecule has 1 aliphatic heterocycles. The normalized spacial score (nSPS) is 19.1. The van der Waals surface area contributed by atoms with E-state index < -0.39 is 4.92 Å². The summed E-state index contributed by atoms with van der Waals surface area (Å²) in [5.41, 5.74) is 0.698. The van der Waals surface area contributed by atoms with E-state index in [0.29, 0.717) is 12.1 Å². The van der Waals surface area contributed by atoms with Crippen LogP contribution in [0.4, 0.5) is 5.69 Å². The van der Waals surface area contributed by atoms with Gasteiger partial charge in [-0.05, 0) is 12.5 Å². The highest BCUT2D eigenvalue weighted by Gasteiger charge is 2.35. The molecule has 0 spiro atoms. The SMILES string of the molecule is C[C@H](c1cccc([N+](=O)[O-])c1)N(C)C(=O)[C@@H]1CC(=O)N(C)C1. The molecule has 0 unspecified atom stereocenters. The van der Waals surface area contributed by atoms with Crippen LogP contribution in [-0.4, -0.2) is 47.2 Å². The van der Waals surface area contributed by atoms with Crippen LogP contribution in [0.15, 0.2) is 24.3 Å². The lowest BCUT2D eigenvalue weighted by atomic mass is 10.0. The molecule has 2 rings (SSSR count). The number of non-ortho nitro benzene ring substituents is 1. The number of nitrogens with zero attached hydrogens (tertiary/aromatic N) is 3. The van der Waals surface area contributed by atoms with Crippen LogP contribution in [0.2, 0.25) is 0 Å². The Morgan fingerprint density at radius 1 is 1.50 bits per heavy atom. The van der Waals surface area contributed by atoms with Gasteiger partial charge in [0.05, 0.1) is 16.9 Å². The van der Waals surface area contributed by atoms with E-state index >= 15 is 0 Å². The molecule has 22 heavy (non-hydrogen) atoms. The number of carbonyl (C=O) groups excluding carboxylic acids is 2. The van der Waals surface area contributed by atoms with E-state index in [0.717, 1.165) is 0 Å². The predicted molar refractivity (Wildman–Crippen MR) is 80.0 cm³/mol. The van der Waals surface area contributed by atoms with Gasteiger partial charge in [-0.15, -0.1) is 0 Å². The van der Waals surface area contributed by atoms with Gasteiger partial charge in [-0.2, -0.15) is 0 Å². The van der Waals surface area contributed by atoms with Crippen LogP contribution >= 0.6 is 0 Å². The summed E-state index contributed by atoms with van der Waals surface area (Å²) < 4.78 is 0. The number of nitro groups is 1. The zero-order valence-corrected chi connectivity index (χ0v) is 12.9. The lowest BCUT2D eigenvalue weighted by Gasteiger charge is -2.27. The Bertz CT molecular complexity index is 617. The summed E-state index contributed by atoms with van der Waals surface area (Å²) >= 11 is 0. The van der Waals surface area contributed by atoms with Crippen molar-refractivity contribution in [3.8, 4) is 0 Å². The fraction of sp³-hybridized carbons (Fsp3) is 0.467. The van der Waals surface area contributed by atoms with Gasteiger partial charge in [0.2, 0.25) is 11.8 Å². The van der Waals surface area contributed by atoms with Gasteiger partial charge in [-0.3, -0.25) is 19.7 Å². The number of amides is 2. The molecule has 0 bridgehead atoms. The predicted octanol–water partition coefficient (Wildman–Crippen LogP) is 1.59. The Morgan fingerprint density at radius 2 is 2.18 bits per heavy atom.